The number of carbonyl (C=O) groups is 1. The fourth-order valence-electron chi connectivity index (χ4n) is 2.41. The van der Waals surface area contributed by atoms with Crippen LogP contribution in [0.1, 0.15) is 21.5 Å². The number of carbonyl (C=O) groups excluding carboxylic acids is 1. The Kier molecular flexibility index (Phi) is 6.50. The van der Waals surface area contributed by atoms with Crippen molar-refractivity contribution >= 4 is 46.6 Å². The molecule has 1 aromatic heterocycles. The lowest BCUT2D eigenvalue weighted by Crippen LogP contribution is -2.04. The first kappa shape index (κ1) is 19.4. The minimum atomic E-state index is -0.0930. The lowest BCUT2D eigenvalue weighted by atomic mass is 10.0. The van der Waals surface area contributed by atoms with Gasteiger partial charge >= 0.3 is 0 Å². The molecule has 0 saturated heterocycles. The number of aromatic amines is 2. The number of hydrogen-bond donors (Lipinski definition) is 3. The Bertz CT molecular complexity index is 994. The van der Waals surface area contributed by atoms with Gasteiger partial charge in [0.15, 0.2) is 5.78 Å². The summed E-state index contributed by atoms with van der Waals surface area (Å²) in [5.74, 6) is -0.0930. The summed E-state index contributed by atoms with van der Waals surface area (Å²) in [6.45, 7) is 1.85. The molecule has 0 amide bonds. The smallest absolute Gasteiger partial charge is 0.194 e. The van der Waals surface area contributed by atoms with E-state index in [1.807, 2.05) is 49.4 Å². The predicted molar refractivity (Wildman–Crippen MR) is 113 cm³/mol. The third-order valence-corrected chi connectivity index (χ3v) is 5.07. The van der Waals surface area contributed by atoms with Crippen LogP contribution in [0, 0.1) is 6.92 Å². The molecule has 0 aliphatic carbocycles. The molecule has 0 aliphatic heterocycles. The molecule has 7 heteroatoms. The van der Waals surface area contributed by atoms with Crippen molar-refractivity contribution in [2.24, 2.45) is 0 Å². The molecule has 3 N–H and O–H groups in total. The summed E-state index contributed by atoms with van der Waals surface area (Å²) in [6.07, 6.45) is 3.25. The quantitative estimate of drug-likeness (QED) is 0.330. The first-order valence-electron chi connectivity index (χ1n) is 8.12. The number of benzene rings is 2. The predicted octanol–water partition coefficient (Wildman–Crippen LogP) is 6.43. The summed E-state index contributed by atoms with van der Waals surface area (Å²) in [5.41, 5.74) is 2.73. The molecule has 0 bridgehead atoms. The van der Waals surface area contributed by atoms with Gasteiger partial charge in [0, 0.05) is 39.1 Å². The zero-order chi connectivity index (χ0) is 19.2. The largest absolute Gasteiger partial charge is 0.326 e. The van der Waals surface area contributed by atoms with Gasteiger partial charge in [-0.2, -0.15) is 0 Å². The fraction of sp³-hybridized carbons (Fsp3) is 0.0500. The van der Waals surface area contributed by atoms with Crippen LogP contribution in [-0.2, 0) is 0 Å². The number of rotatable bonds is 5. The standard InChI is InChI=1S/C20H17Cl2N3OS/c1-13-9-16(22)11-23-24-12-19(13)20(26)14-3-2-4-17(10-14)25-27-18-7-5-15(21)6-8-18/h2-12,23-25H,1H3. The van der Waals surface area contributed by atoms with Crippen LogP contribution in [0.2, 0.25) is 10.0 Å². The Balaban J connectivity index is 1.82. The van der Waals surface area contributed by atoms with Gasteiger partial charge in [-0.15, -0.1) is 0 Å². The van der Waals surface area contributed by atoms with Crippen molar-refractivity contribution in [3.8, 4) is 0 Å². The number of H-pyrrole nitrogens is 2. The Hall–Kier alpha value is -2.34. The van der Waals surface area contributed by atoms with Gasteiger partial charge in [0.25, 0.3) is 0 Å². The molecule has 3 rings (SSSR count). The van der Waals surface area contributed by atoms with E-state index in [9.17, 15) is 4.79 Å². The van der Waals surface area contributed by atoms with Gasteiger partial charge in [0.1, 0.15) is 0 Å². The highest BCUT2D eigenvalue weighted by Gasteiger charge is 2.12. The van der Waals surface area contributed by atoms with E-state index >= 15 is 0 Å². The van der Waals surface area contributed by atoms with Gasteiger partial charge < -0.3 is 14.9 Å². The molecule has 2 aromatic carbocycles. The van der Waals surface area contributed by atoms with E-state index in [-0.39, 0.29) is 5.78 Å². The number of aromatic nitrogens is 2. The molecule has 3 aromatic rings. The van der Waals surface area contributed by atoms with Crippen molar-refractivity contribution in [3.63, 3.8) is 0 Å². The monoisotopic (exact) mass is 417 g/mol. The van der Waals surface area contributed by atoms with Gasteiger partial charge in [-0.3, -0.25) is 4.79 Å². The Morgan fingerprint density at radius 3 is 2.48 bits per heavy atom. The lowest BCUT2D eigenvalue weighted by Gasteiger charge is -2.08. The zero-order valence-electron chi connectivity index (χ0n) is 14.4. The third kappa shape index (κ3) is 5.32. The highest BCUT2D eigenvalue weighted by atomic mass is 35.5. The van der Waals surface area contributed by atoms with Gasteiger partial charge in [-0.05, 0) is 66.9 Å². The van der Waals surface area contributed by atoms with Crippen molar-refractivity contribution in [3.05, 3.63) is 93.7 Å². The van der Waals surface area contributed by atoms with Crippen molar-refractivity contribution in [1.82, 2.24) is 10.2 Å². The second-order valence-corrected chi connectivity index (χ2v) is 7.52. The van der Waals surface area contributed by atoms with Crippen LogP contribution in [0.15, 0.2) is 71.9 Å². The molecule has 0 radical (unpaired) electrons. The summed E-state index contributed by atoms with van der Waals surface area (Å²) in [4.78, 5) is 14.0. The molecular weight excluding hydrogens is 401 g/mol. The minimum Gasteiger partial charge on any atom is -0.326 e. The van der Waals surface area contributed by atoms with Crippen LogP contribution in [0.25, 0.3) is 0 Å². The summed E-state index contributed by atoms with van der Waals surface area (Å²) in [7, 11) is 0. The van der Waals surface area contributed by atoms with Crippen LogP contribution in [0.3, 0.4) is 0 Å². The first-order valence-corrected chi connectivity index (χ1v) is 9.69. The van der Waals surface area contributed by atoms with Gasteiger partial charge in [0.05, 0.1) is 5.02 Å². The Morgan fingerprint density at radius 2 is 1.70 bits per heavy atom. The molecule has 27 heavy (non-hydrogen) atoms. The number of ketones is 1. The fourth-order valence-corrected chi connectivity index (χ4v) is 3.39. The van der Waals surface area contributed by atoms with Crippen molar-refractivity contribution in [2.75, 3.05) is 4.72 Å². The normalized spacial score (nSPS) is 10.3. The maximum Gasteiger partial charge on any atom is 0.194 e. The van der Waals surface area contributed by atoms with Crippen molar-refractivity contribution in [2.45, 2.75) is 11.8 Å². The molecule has 0 unspecified atom stereocenters. The topological polar surface area (TPSA) is 60.7 Å². The van der Waals surface area contributed by atoms with Gasteiger partial charge in [0.2, 0.25) is 0 Å². The second kappa shape index (κ2) is 9.04. The molecule has 138 valence electrons. The highest BCUT2D eigenvalue weighted by molar-refractivity contribution is 8.00. The summed E-state index contributed by atoms with van der Waals surface area (Å²) in [6, 6.07) is 16.6. The van der Waals surface area contributed by atoms with E-state index in [0.29, 0.717) is 21.2 Å². The Morgan fingerprint density at radius 1 is 0.963 bits per heavy atom. The zero-order valence-corrected chi connectivity index (χ0v) is 16.8. The molecule has 0 saturated carbocycles. The molecule has 0 spiro atoms. The van der Waals surface area contributed by atoms with E-state index in [1.165, 1.54) is 11.9 Å². The lowest BCUT2D eigenvalue weighted by molar-refractivity contribution is 0.103. The van der Waals surface area contributed by atoms with E-state index in [1.54, 1.807) is 24.5 Å². The number of anilines is 1. The SMILES string of the molecule is Cc1cc(Cl)c[nH][nH]cc1C(=O)c1cccc(NSc2ccc(Cl)cc2)c1. The summed E-state index contributed by atoms with van der Waals surface area (Å²) >= 11 is 13.4. The minimum absolute atomic E-state index is 0.0930. The maximum absolute atomic E-state index is 13.0. The van der Waals surface area contributed by atoms with Crippen molar-refractivity contribution < 1.29 is 4.79 Å². The Labute approximate surface area is 171 Å². The molecule has 1 heterocycles. The van der Waals surface area contributed by atoms with Crippen LogP contribution in [-0.4, -0.2) is 16.0 Å². The molecule has 0 aliphatic rings. The highest BCUT2D eigenvalue weighted by Crippen LogP contribution is 2.24. The van der Waals surface area contributed by atoms with Crippen LogP contribution in [0.4, 0.5) is 5.69 Å². The maximum atomic E-state index is 13.0. The first-order chi connectivity index (χ1) is 13.0. The number of hydrogen-bond acceptors (Lipinski definition) is 3. The second-order valence-electron chi connectivity index (χ2n) is 5.77. The number of nitrogens with one attached hydrogen (secondary N) is 3. The van der Waals surface area contributed by atoms with Crippen LogP contribution < -0.4 is 4.72 Å². The number of aryl methyl sites for hydroxylation is 1. The van der Waals surface area contributed by atoms with Gasteiger partial charge in [-0.25, -0.2) is 0 Å². The van der Waals surface area contributed by atoms with E-state index in [2.05, 4.69) is 14.9 Å². The summed E-state index contributed by atoms with van der Waals surface area (Å²) in [5, 5.41) is 6.86. The third-order valence-electron chi connectivity index (χ3n) is 3.76. The van der Waals surface area contributed by atoms with E-state index in [4.69, 9.17) is 23.2 Å². The molecule has 4 nitrogen and oxygen atoms in total. The molecule has 0 fully saturated rings. The van der Waals surface area contributed by atoms with E-state index in [0.717, 1.165) is 16.1 Å². The van der Waals surface area contributed by atoms with E-state index < -0.39 is 0 Å². The van der Waals surface area contributed by atoms with Gasteiger partial charge in [-0.1, -0.05) is 35.3 Å². The van der Waals surface area contributed by atoms with Crippen LogP contribution in [0.5, 0.6) is 0 Å². The molecule has 0 atom stereocenters. The van der Waals surface area contributed by atoms with Crippen molar-refractivity contribution in [1.29, 1.82) is 0 Å². The summed E-state index contributed by atoms with van der Waals surface area (Å²) < 4.78 is 3.25. The average Bonchev–Trinajstić information content (AvgIpc) is 2.66. The molecular formula is C20H17Cl2N3OS. The van der Waals surface area contributed by atoms with Crippen LogP contribution >= 0.6 is 35.1 Å². The average molecular weight is 418 g/mol. The number of halogens is 2.